The SMILES string of the molecule is O=Cc1c(Cl)n[nH]c1CC(F)F. The summed E-state index contributed by atoms with van der Waals surface area (Å²) in [6.45, 7) is 0. The maximum atomic E-state index is 11.8. The van der Waals surface area contributed by atoms with Gasteiger partial charge in [-0.1, -0.05) is 11.6 Å². The zero-order chi connectivity index (χ0) is 9.14. The number of nitrogens with zero attached hydrogens (tertiary/aromatic N) is 1. The van der Waals surface area contributed by atoms with E-state index < -0.39 is 12.8 Å². The first kappa shape index (κ1) is 9.12. The van der Waals surface area contributed by atoms with E-state index in [1.165, 1.54) is 0 Å². The molecule has 0 spiro atoms. The van der Waals surface area contributed by atoms with Gasteiger partial charge in [0.2, 0.25) is 6.43 Å². The van der Waals surface area contributed by atoms with E-state index >= 15 is 0 Å². The van der Waals surface area contributed by atoms with E-state index in [1.807, 2.05) is 0 Å². The number of rotatable bonds is 3. The van der Waals surface area contributed by atoms with Gasteiger partial charge in [-0.2, -0.15) is 5.10 Å². The summed E-state index contributed by atoms with van der Waals surface area (Å²) >= 11 is 5.41. The molecule has 0 aliphatic heterocycles. The normalized spacial score (nSPS) is 10.7. The van der Waals surface area contributed by atoms with Crippen molar-refractivity contribution in [3.05, 3.63) is 16.4 Å². The maximum absolute atomic E-state index is 11.8. The number of aromatic amines is 1. The predicted molar refractivity (Wildman–Crippen MR) is 38.7 cm³/mol. The Hall–Kier alpha value is -0.970. The van der Waals surface area contributed by atoms with Crippen molar-refractivity contribution in [1.82, 2.24) is 10.2 Å². The molecule has 0 unspecified atom stereocenters. The minimum atomic E-state index is -2.51. The summed E-state index contributed by atoms with van der Waals surface area (Å²) in [5.41, 5.74) is 0.0852. The molecule has 0 amide bonds. The molecular weight excluding hydrogens is 190 g/mol. The molecule has 12 heavy (non-hydrogen) atoms. The first-order valence-electron chi connectivity index (χ1n) is 3.11. The monoisotopic (exact) mass is 194 g/mol. The molecule has 1 N–H and O–H groups in total. The van der Waals surface area contributed by atoms with Gasteiger partial charge < -0.3 is 0 Å². The highest BCUT2D eigenvalue weighted by Gasteiger charge is 2.14. The third kappa shape index (κ3) is 1.79. The Morgan fingerprint density at radius 3 is 2.83 bits per heavy atom. The van der Waals surface area contributed by atoms with Crippen LogP contribution in [0.3, 0.4) is 0 Å². The quantitative estimate of drug-likeness (QED) is 0.745. The lowest BCUT2D eigenvalue weighted by Crippen LogP contribution is -1.99. The predicted octanol–water partition coefficient (Wildman–Crippen LogP) is 1.68. The summed E-state index contributed by atoms with van der Waals surface area (Å²) in [4.78, 5) is 10.3. The van der Waals surface area contributed by atoms with Crippen molar-refractivity contribution in [2.45, 2.75) is 12.8 Å². The highest BCUT2D eigenvalue weighted by atomic mass is 35.5. The van der Waals surface area contributed by atoms with Crippen LogP contribution in [0.2, 0.25) is 5.15 Å². The molecule has 1 aromatic heterocycles. The molecule has 0 aliphatic rings. The van der Waals surface area contributed by atoms with E-state index in [0.29, 0.717) is 6.29 Å². The van der Waals surface area contributed by atoms with Gasteiger partial charge in [-0.05, 0) is 0 Å². The fraction of sp³-hybridized carbons (Fsp3) is 0.333. The van der Waals surface area contributed by atoms with Crippen LogP contribution < -0.4 is 0 Å². The van der Waals surface area contributed by atoms with Crippen molar-refractivity contribution >= 4 is 17.9 Å². The first-order valence-corrected chi connectivity index (χ1v) is 3.49. The third-order valence-electron chi connectivity index (χ3n) is 1.31. The van der Waals surface area contributed by atoms with E-state index in [4.69, 9.17) is 11.6 Å². The molecule has 0 aromatic carbocycles. The Morgan fingerprint density at radius 2 is 2.33 bits per heavy atom. The van der Waals surface area contributed by atoms with Gasteiger partial charge in [0.1, 0.15) is 0 Å². The molecule has 0 atom stereocenters. The Morgan fingerprint density at radius 1 is 1.67 bits per heavy atom. The van der Waals surface area contributed by atoms with Crippen LogP contribution in [0.15, 0.2) is 0 Å². The summed E-state index contributed by atoms with van der Waals surface area (Å²) < 4.78 is 23.7. The van der Waals surface area contributed by atoms with Crippen LogP contribution >= 0.6 is 11.6 Å². The van der Waals surface area contributed by atoms with Gasteiger partial charge in [-0.25, -0.2) is 8.78 Å². The summed E-state index contributed by atoms with van der Waals surface area (Å²) in [7, 11) is 0. The smallest absolute Gasteiger partial charge is 0.244 e. The molecule has 1 aromatic rings. The molecule has 0 saturated carbocycles. The lowest BCUT2D eigenvalue weighted by atomic mass is 10.2. The van der Waals surface area contributed by atoms with Crippen molar-refractivity contribution in [3.8, 4) is 0 Å². The van der Waals surface area contributed by atoms with Crippen LogP contribution in [0.25, 0.3) is 0 Å². The highest BCUT2D eigenvalue weighted by molar-refractivity contribution is 6.31. The lowest BCUT2D eigenvalue weighted by molar-refractivity contribution is 0.112. The molecule has 6 heteroatoms. The number of hydrogen-bond acceptors (Lipinski definition) is 2. The van der Waals surface area contributed by atoms with Crippen molar-refractivity contribution in [3.63, 3.8) is 0 Å². The zero-order valence-electron chi connectivity index (χ0n) is 5.85. The second-order valence-electron chi connectivity index (χ2n) is 2.12. The van der Waals surface area contributed by atoms with Crippen LogP contribution in [-0.4, -0.2) is 22.9 Å². The fourth-order valence-corrected chi connectivity index (χ4v) is 0.992. The average molecular weight is 195 g/mol. The minimum absolute atomic E-state index is 0.0111. The topological polar surface area (TPSA) is 45.8 Å². The van der Waals surface area contributed by atoms with Crippen molar-refractivity contribution in [1.29, 1.82) is 0 Å². The van der Waals surface area contributed by atoms with Crippen LogP contribution in [-0.2, 0) is 6.42 Å². The standard InChI is InChI=1S/C6H5ClF2N2O/c7-6-3(2-12)4(10-11-6)1-5(8)9/h2,5H,1H2,(H,10,11). The molecule has 0 saturated heterocycles. The number of carbonyl (C=O) groups is 1. The van der Waals surface area contributed by atoms with E-state index in [9.17, 15) is 13.6 Å². The van der Waals surface area contributed by atoms with Crippen molar-refractivity contribution in [2.24, 2.45) is 0 Å². The van der Waals surface area contributed by atoms with E-state index in [-0.39, 0.29) is 16.4 Å². The van der Waals surface area contributed by atoms with Gasteiger partial charge >= 0.3 is 0 Å². The second kappa shape index (κ2) is 3.62. The summed E-state index contributed by atoms with van der Waals surface area (Å²) in [6, 6.07) is 0. The van der Waals surface area contributed by atoms with Crippen LogP contribution in [0.5, 0.6) is 0 Å². The molecule has 3 nitrogen and oxygen atoms in total. The minimum Gasteiger partial charge on any atom is -0.298 e. The number of aromatic nitrogens is 2. The largest absolute Gasteiger partial charge is 0.298 e. The Balaban J connectivity index is 2.91. The maximum Gasteiger partial charge on any atom is 0.244 e. The van der Waals surface area contributed by atoms with E-state index in [0.717, 1.165) is 0 Å². The number of aldehydes is 1. The van der Waals surface area contributed by atoms with Gasteiger partial charge in [0.25, 0.3) is 0 Å². The number of alkyl halides is 2. The molecule has 1 heterocycles. The van der Waals surface area contributed by atoms with Crippen LogP contribution in [0, 0.1) is 0 Å². The first-order chi connectivity index (χ1) is 5.65. The molecule has 1 rings (SSSR count). The Labute approximate surface area is 71.7 Å². The summed E-state index contributed by atoms with van der Waals surface area (Å²) in [5.74, 6) is 0. The lowest BCUT2D eigenvalue weighted by Gasteiger charge is -1.95. The van der Waals surface area contributed by atoms with Gasteiger partial charge in [0, 0.05) is 0 Å². The second-order valence-corrected chi connectivity index (χ2v) is 2.48. The van der Waals surface area contributed by atoms with Gasteiger partial charge in [-0.15, -0.1) is 0 Å². The number of halogens is 3. The van der Waals surface area contributed by atoms with Gasteiger partial charge in [0.05, 0.1) is 17.7 Å². The van der Waals surface area contributed by atoms with Crippen LogP contribution in [0.4, 0.5) is 8.78 Å². The molecular formula is C6H5ClF2N2O. The van der Waals surface area contributed by atoms with Gasteiger partial charge in [-0.3, -0.25) is 9.89 Å². The van der Waals surface area contributed by atoms with Crippen molar-refractivity contribution < 1.29 is 13.6 Å². The van der Waals surface area contributed by atoms with Crippen molar-refractivity contribution in [2.75, 3.05) is 0 Å². The summed E-state index contributed by atoms with van der Waals surface area (Å²) in [5, 5.41) is 5.61. The third-order valence-corrected chi connectivity index (χ3v) is 1.60. The molecule has 0 fully saturated rings. The molecule has 0 aliphatic carbocycles. The number of H-pyrrole nitrogens is 1. The average Bonchev–Trinajstić information content (AvgIpc) is 2.30. The Kier molecular flexibility index (Phi) is 2.75. The number of carbonyl (C=O) groups excluding carboxylic acids is 1. The number of nitrogens with one attached hydrogen (secondary N) is 1. The molecule has 66 valence electrons. The molecule has 0 radical (unpaired) electrons. The van der Waals surface area contributed by atoms with Crippen LogP contribution in [0.1, 0.15) is 16.1 Å². The van der Waals surface area contributed by atoms with E-state index in [2.05, 4.69) is 10.2 Å². The molecule has 0 bridgehead atoms. The zero-order valence-corrected chi connectivity index (χ0v) is 6.61. The van der Waals surface area contributed by atoms with E-state index in [1.54, 1.807) is 0 Å². The van der Waals surface area contributed by atoms with Gasteiger partial charge in [0.15, 0.2) is 11.4 Å². The summed E-state index contributed by atoms with van der Waals surface area (Å²) in [6.07, 6.45) is -2.64. The fourth-order valence-electron chi connectivity index (χ4n) is 0.791. The Bertz CT molecular complexity index is 287. The number of hydrogen-bond donors (Lipinski definition) is 1. The highest BCUT2D eigenvalue weighted by Crippen LogP contribution is 2.16.